The van der Waals surface area contributed by atoms with Crippen LogP contribution in [0.2, 0.25) is 0 Å². The van der Waals surface area contributed by atoms with Gasteiger partial charge in [0, 0.05) is 11.8 Å². The van der Waals surface area contributed by atoms with Gasteiger partial charge >= 0.3 is 11.0 Å². The fourth-order valence-corrected chi connectivity index (χ4v) is 4.98. The number of thiazole rings is 1. The average Bonchev–Trinajstić information content (AvgIpc) is 3.47. The number of fused-ring (bicyclic) bond motifs is 3. The lowest BCUT2D eigenvalue weighted by molar-refractivity contribution is -0.709. The second-order valence-electron chi connectivity index (χ2n) is 7.45. The molecule has 1 amide bonds. The Kier molecular flexibility index (Phi) is 3.89. The lowest BCUT2D eigenvalue weighted by Crippen LogP contribution is -3.11. The molecular weight excluding hydrogens is 416 g/mol. The first-order chi connectivity index (χ1) is 15.1. The third-order valence-electron chi connectivity index (χ3n) is 5.57. The minimum Gasteiger partial charge on any atom is -0.454 e. The topological polar surface area (TPSA) is 86.9 Å². The third-order valence-corrected chi connectivity index (χ3v) is 6.62. The molecule has 2 aliphatic heterocycles. The van der Waals surface area contributed by atoms with Crippen LogP contribution in [0.4, 0.5) is 10.8 Å². The van der Waals surface area contributed by atoms with Crippen molar-refractivity contribution in [3.8, 4) is 11.5 Å². The number of carbonyl (C=O) groups is 1. The number of carbonyl (C=O) groups excluding carboxylic acids is 1. The number of pyridine rings is 1. The van der Waals surface area contributed by atoms with Crippen molar-refractivity contribution in [2.75, 3.05) is 12.2 Å². The number of hydrogen-bond donors (Lipinski definition) is 2. The summed E-state index contributed by atoms with van der Waals surface area (Å²) in [4.78, 5) is 30.7. The van der Waals surface area contributed by atoms with Gasteiger partial charge in [-0.05, 0) is 36.8 Å². The quantitative estimate of drug-likeness (QED) is 0.515. The number of hydrogen-bond acceptors (Lipinski definition) is 7. The molecule has 1 unspecified atom stereocenters. The first kappa shape index (κ1) is 18.1. The summed E-state index contributed by atoms with van der Waals surface area (Å²) in [7, 11) is 0. The Bertz CT molecular complexity index is 1410. The van der Waals surface area contributed by atoms with Crippen LogP contribution >= 0.6 is 11.3 Å². The summed E-state index contributed by atoms with van der Waals surface area (Å²) in [6.07, 6.45) is 0. The zero-order valence-corrected chi connectivity index (χ0v) is 17.3. The van der Waals surface area contributed by atoms with Gasteiger partial charge in [0.1, 0.15) is 11.3 Å². The van der Waals surface area contributed by atoms with Crippen LogP contribution in [0.5, 0.6) is 11.5 Å². The number of rotatable bonds is 3. The van der Waals surface area contributed by atoms with Gasteiger partial charge in [0.05, 0.1) is 16.8 Å². The molecule has 4 aromatic rings. The smallest absolute Gasteiger partial charge is 0.379 e. The second-order valence-corrected chi connectivity index (χ2v) is 8.48. The van der Waals surface area contributed by atoms with E-state index in [0.29, 0.717) is 45.1 Å². The van der Waals surface area contributed by atoms with Gasteiger partial charge in [0.15, 0.2) is 11.5 Å². The molecule has 0 fully saturated rings. The number of anilines is 1. The van der Waals surface area contributed by atoms with Gasteiger partial charge in [0.25, 0.3) is 5.56 Å². The molecule has 9 heteroatoms. The molecule has 154 valence electrons. The summed E-state index contributed by atoms with van der Waals surface area (Å²) in [5.41, 5.74) is 6.35. The van der Waals surface area contributed by atoms with Crippen molar-refractivity contribution in [2.24, 2.45) is 0 Å². The highest BCUT2D eigenvalue weighted by atomic mass is 32.1. The average molecular weight is 433 g/mol. The summed E-state index contributed by atoms with van der Waals surface area (Å²) in [5, 5.41) is 1.04. The zero-order chi connectivity index (χ0) is 21.1. The van der Waals surface area contributed by atoms with Gasteiger partial charge < -0.3 is 14.0 Å². The van der Waals surface area contributed by atoms with E-state index in [1.165, 1.54) is 17.4 Å². The minimum absolute atomic E-state index is 0.147. The van der Waals surface area contributed by atoms with E-state index < -0.39 is 0 Å². The Morgan fingerprint density at radius 3 is 2.84 bits per heavy atom. The molecule has 2 N–H and O–H groups in total. The van der Waals surface area contributed by atoms with Crippen molar-refractivity contribution in [3.05, 3.63) is 75.7 Å². The van der Waals surface area contributed by atoms with Crippen molar-refractivity contribution in [1.82, 2.24) is 9.55 Å². The highest BCUT2D eigenvalue weighted by Crippen LogP contribution is 2.33. The van der Waals surface area contributed by atoms with Gasteiger partial charge in [-0.15, -0.1) is 5.01 Å². The van der Waals surface area contributed by atoms with E-state index in [-0.39, 0.29) is 18.3 Å². The van der Waals surface area contributed by atoms with Crippen molar-refractivity contribution in [3.63, 3.8) is 0 Å². The summed E-state index contributed by atoms with van der Waals surface area (Å²) < 4.78 is 13.4. The maximum Gasteiger partial charge on any atom is 0.379 e. The number of amides is 1. The Morgan fingerprint density at radius 2 is 1.97 bits per heavy atom. The van der Waals surface area contributed by atoms with E-state index in [4.69, 9.17) is 9.47 Å². The van der Waals surface area contributed by atoms with Gasteiger partial charge in [-0.3, -0.25) is 4.79 Å². The van der Waals surface area contributed by atoms with Crippen molar-refractivity contribution < 1.29 is 19.3 Å². The minimum atomic E-state index is -0.181. The van der Waals surface area contributed by atoms with Crippen molar-refractivity contribution in [2.45, 2.75) is 13.5 Å². The molecule has 8 nitrogen and oxygen atoms in total. The summed E-state index contributed by atoms with van der Waals surface area (Å²) >= 11 is 1.45. The molecule has 2 aliphatic rings. The predicted molar refractivity (Wildman–Crippen MR) is 115 cm³/mol. The van der Waals surface area contributed by atoms with Crippen molar-refractivity contribution >= 4 is 38.3 Å². The van der Waals surface area contributed by atoms with Crippen LogP contribution in [0.15, 0.2) is 53.3 Å². The fraction of sp³-hybridized carbons (Fsp3) is 0.136. The van der Waals surface area contributed by atoms with Crippen LogP contribution in [-0.2, 0) is 6.54 Å². The molecule has 0 radical (unpaired) electrons. The Balaban J connectivity index is 1.37. The molecule has 0 saturated heterocycles. The predicted octanol–water partition coefficient (Wildman–Crippen LogP) is 2.24. The largest absolute Gasteiger partial charge is 0.454 e. The molecule has 2 aromatic heterocycles. The maximum absolute atomic E-state index is 13.3. The van der Waals surface area contributed by atoms with Crippen LogP contribution in [0, 0.1) is 6.92 Å². The standard InChI is InChI=1S/C22H16N4O4S/c1-12-20-15(24-26(21(20)28)22-23-14-4-2-3-5-18(14)31-22)9-19(27)25(12)10-13-6-7-16-17(8-13)30-11-29-16/h2-9,24H,10-11H2,1H3/p+1. The van der Waals surface area contributed by atoms with E-state index in [9.17, 15) is 9.59 Å². The SMILES string of the molecule is Cc1c2c(cc(=O)n1Cc1ccc3c(c1)OCO3)N[NH+](c1nc3ccccc3s1)C2=O. The van der Waals surface area contributed by atoms with Gasteiger partial charge in [-0.2, -0.15) is 4.98 Å². The lowest BCUT2D eigenvalue weighted by atomic mass is 10.1. The molecule has 0 bridgehead atoms. The van der Waals surface area contributed by atoms with Gasteiger partial charge in [-0.25, -0.2) is 10.2 Å². The van der Waals surface area contributed by atoms with E-state index in [1.807, 2.05) is 42.5 Å². The third kappa shape index (κ3) is 2.82. The molecule has 0 aliphatic carbocycles. The van der Waals surface area contributed by atoms with E-state index in [0.717, 1.165) is 15.8 Å². The Morgan fingerprint density at radius 1 is 1.13 bits per heavy atom. The fourth-order valence-electron chi connectivity index (χ4n) is 4.02. The molecule has 31 heavy (non-hydrogen) atoms. The van der Waals surface area contributed by atoms with E-state index in [2.05, 4.69) is 10.4 Å². The summed E-state index contributed by atoms with van der Waals surface area (Å²) in [6.45, 7) is 2.33. The molecule has 0 spiro atoms. The Labute approximate surface area is 180 Å². The van der Waals surface area contributed by atoms with E-state index >= 15 is 0 Å². The number of ether oxygens (including phenoxy) is 2. The summed E-state index contributed by atoms with van der Waals surface area (Å²) in [6, 6.07) is 14.8. The molecule has 6 rings (SSSR count). The number of para-hydroxylation sites is 1. The normalized spacial score (nSPS) is 16.5. The number of nitrogens with one attached hydrogen (secondary N) is 2. The summed E-state index contributed by atoms with van der Waals surface area (Å²) in [5.74, 6) is 1.20. The van der Waals surface area contributed by atoms with Gasteiger partial charge in [-0.1, -0.05) is 29.5 Å². The van der Waals surface area contributed by atoms with E-state index in [1.54, 1.807) is 11.5 Å². The van der Waals surface area contributed by atoms with Crippen LogP contribution < -0.4 is 25.5 Å². The molecule has 2 aromatic carbocycles. The molecule has 4 heterocycles. The molecule has 0 saturated carbocycles. The molecule has 1 atom stereocenters. The Hall–Kier alpha value is -3.69. The van der Waals surface area contributed by atoms with Crippen LogP contribution in [-0.4, -0.2) is 22.3 Å². The van der Waals surface area contributed by atoms with Crippen LogP contribution in [0.25, 0.3) is 10.2 Å². The zero-order valence-electron chi connectivity index (χ0n) is 16.5. The highest BCUT2D eigenvalue weighted by Gasteiger charge is 2.39. The first-order valence-corrected chi connectivity index (χ1v) is 10.6. The van der Waals surface area contributed by atoms with Crippen molar-refractivity contribution in [1.29, 1.82) is 0 Å². The maximum atomic E-state index is 13.3. The highest BCUT2D eigenvalue weighted by molar-refractivity contribution is 7.21. The lowest BCUT2D eigenvalue weighted by Gasteiger charge is -2.11. The monoisotopic (exact) mass is 433 g/mol. The number of nitrogens with zero attached hydrogens (tertiary/aromatic N) is 2. The number of benzene rings is 2. The second kappa shape index (κ2) is 6.66. The van der Waals surface area contributed by atoms with Gasteiger partial charge in [0.2, 0.25) is 6.79 Å². The van der Waals surface area contributed by atoms with Crippen LogP contribution in [0.3, 0.4) is 0 Å². The molecular formula is C22H17N4O4S+. The number of quaternary nitrogens is 1. The first-order valence-electron chi connectivity index (χ1n) is 9.76. The number of aromatic nitrogens is 2. The van der Waals surface area contributed by atoms with Crippen LogP contribution in [0.1, 0.15) is 21.6 Å².